The molecule has 4 aliphatic carbocycles. The maximum absolute atomic E-state index is 12.9. The highest BCUT2D eigenvalue weighted by Gasteiger charge is 2.79. The van der Waals surface area contributed by atoms with Gasteiger partial charge in [0.15, 0.2) is 5.60 Å². The highest BCUT2D eigenvalue weighted by Crippen LogP contribution is 2.64. The second-order valence-electron chi connectivity index (χ2n) is 15.8. The van der Waals surface area contributed by atoms with Crippen molar-refractivity contribution in [3.05, 3.63) is 0 Å². The van der Waals surface area contributed by atoms with Crippen molar-refractivity contribution < 1.29 is 95.9 Å². The number of esters is 4. The molecule has 0 aliphatic heterocycles. The minimum atomic E-state index is -6.06. The van der Waals surface area contributed by atoms with Crippen LogP contribution in [0.15, 0.2) is 0 Å². The second kappa shape index (κ2) is 13.9. The summed E-state index contributed by atoms with van der Waals surface area (Å²) in [5.74, 6) is -7.50. The summed E-state index contributed by atoms with van der Waals surface area (Å²) >= 11 is 0. The first-order valence-electron chi connectivity index (χ1n) is 16.2. The molecule has 9 nitrogen and oxygen atoms in total. The zero-order valence-corrected chi connectivity index (χ0v) is 30.0. The van der Waals surface area contributed by atoms with E-state index in [9.17, 15) is 77.0 Å². The number of hydrogen-bond acceptors (Lipinski definition) is 9. The SMILES string of the molecule is CCC(C)(C)C(=O)OC(C)(C)C(O)(C(F)(F)F)C(F)(F)F.CCC(C)(C)C(=O)OC12CC3CC(OC(=O)C(F)(F)F)(CC(OC(=O)C(F)(F)F)(C3)C1)C2. The molecule has 0 saturated heterocycles. The van der Waals surface area contributed by atoms with Crippen LogP contribution in [0.25, 0.3) is 0 Å². The molecule has 4 saturated carbocycles. The molecule has 0 radical (unpaired) electrons. The number of hydrogen-bond donors (Lipinski definition) is 1. The topological polar surface area (TPSA) is 125 Å². The Labute approximate surface area is 296 Å². The predicted octanol–water partition coefficient (Wildman–Crippen LogP) is 7.99. The Morgan fingerprint density at radius 3 is 1.09 bits per heavy atom. The third kappa shape index (κ3) is 9.45. The van der Waals surface area contributed by atoms with Crippen molar-refractivity contribution in [1.29, 1.82) is 0 Å². The van der Waals surface area contributed by atoms with Gasteiger partial charge in [0.2, 0.25) is 0 Å². The zero-order chi connectivity index (χ0) is 41.9. The van der Waals surface area contributed by atoms with Crippen LogP contribution >= 0.6 is 0 Å². The first-order valence-corrected chi connectivity index (χ1v) is 16.2. The van der Waals surface area contributed by atoms with E-state index in [1.807, 2.05) is 0 Å². The molecule has 2 atom stereocenters. The summed E-state index contributed by atoms with van der Waals surface area (Å²) in [6, 6.07) is 0. The molecule has 0 aromatic rings. The predicted molar refractivity (Wildman–Crippen MR) is 155 cm³/mol. The molecule has 0 amide bonds. The summed E-state index contributed by atoms with van der Waals surface area (Å²) < 4.78 is 174. The van der Waals surface area contributed by atoms with Gasteiger partial charge in [-0.1, -0.05) is 13.8 Å². The first-order chi connectivity index (χ1) is 23.3. The lowest BCUT2D eigenvalue weighted by Crippen LogP contribution is -2.70. The lowest BCUT2D eigenvalue weighted by atomic mass is 9.50. The summed E-state index contributed by atoms with van der Waals surface area (Å²) in [4.78, 5) is 47.7. The Balaban J connectivity index is 0.000000404. The number of rotatable bonds is 9. The van der Waals surface area contributed by atoms with Crippen molar-refractivity contribution in [2.24, 2.45) is 16.7 Å². The van der Waals surface area contributed by atoms with E-state index < -0.39 is 99.8 Å². The Hall–Kier alpha value is -3.00. The third-order valence-electron chi connectivity index (χ3n) is 10.2. The summed E-state index contributed by atoms with van der Waals surface area (Å²) in [5.41, 5.74) is -15.9. The van der Waals surface area contributed by atoms with Crippen molar-refractivity contribution >= 4 is 23.9 Å². The van der Waals surface area contributed by atoms with E-state index in [-0.39, 0.29) is 38.5 Å². The van der Waals surface area contributed by atoms with Crippen LogP contribution in [0, 0.1) is 16.7 Å². The average Bonchev–Trinajstić information content (AvgIpc) is 2.93. The van der Waals surface area contributed by atoms with E-state index in [2.05, 4.69) is 4.74 Å². The van der Waals surface area contributed by atoms with Gasteiger partial charge in [-0.05, 0) is 79.6 Å². The monoisotopic (exact) mass is 798 g/mol. The fourth-order valence-electron chi connectivity index (χ4n) is 6.94. The van der Waals surface area contributed by atoms with Crippen LogP contribution < -0.4 is 0 Å². The van der Waals surface area contributed by atoms with Gasteiger partial charge in [0, 0.05) is 19.3 Å². The molecule has 4 fully saturated rings. The van der Waals surface area contributed by atoms with Crippen LogP contribution in [0.1, 0.15) is 107 Å². The standard InChI is InChI=1S/C20H24F6O6.C12H18F6O3/c1-4-15(2,3)12(27)30-16-5-11-6-17(8-16,31-13(28)19(21,22)23)10-18(7-11,9-16)32-14(29)20(24,25)26;1-6-8(2,3)7(19)21-9(4,5)10(20,11(13,14)15)12(16,17)18/h11H,4-10H2,1-3H3;20H,6H2,1-5H3. The highest BCUT2D eigenvalue weighted by molar-refractivity contribution is 5.78. The normalized spacial score (nSPS) is 26.6. The maximum Gasteiger partial charge on any atom is 0.490 e. The van der Waals surface area contributed by atoms with Crippen molar-refractivity contribution in [3.63, 3.8) is 0 Å². The van der Waals surface area contributed by atoms with Gasteiger partial charge in [0.05, 0.1) is 10.8 Å². The zero-order valence-electron chi connectivity index (χ0n) is 30.0. The average molecular weight is 799 g/mol. The summed E-state index contributed by atoms with van der Waals surface area (Å²) in [6.07, 6.45) is -23.4. The molecule has 0 aromatic heterocycles. The van der Waals surface area contributed by atoms with Gasteiger partial charge in [-0.25, -0.2) is 9.59 Å². The Morgan fingerprint density at radius 2 is 0.830 bits per heavy atom. The van der Waals surface area contributed by atoms with Crippen LogP contribution in [0.3, 0.4) is 0 Å². The van der Waals surface area contributed by atoms with Crippen molar-refractivity contribution in [1.82, 2.24) is 0 Å². The number of carbonyl (C=O) groups is 4. The number of aliphatic hydroxyl groups is 1. The van der Waals surface area contributed by atoms with E-state index in [1.165, 1.54) is 20.8 Å². The Morgan fingerprint density at radius 1 is 0.547 bits per heavy atom. The van der Waals surface area contributed by atoms with Crippen LogP contribution in [-0.4, -0.2) is 81.7 Å². The van der Waals surface area contributed by atoms with Gasteiger partial charge in [0.1, 0.15) is 16.8 Å². The van der Waals surface area contributed by atoms with E-state index in [0.717, 1.165) is 0 Å². The lowest BCUT2D eigenvalue weighted by Gasteiger charge is -2.63. The quantitative estimate of drug-likeness (QED) is 0.140. The van der Waals surface area contributed by atoms with Crippen LogP contribution in [-0.2, 0) is 38.1 Å². The fourth-order valence-corrected chi connectivity index (χ4v) is 6.94. The van der Waals surface area contributed by atoms with Crippen LogP contribution in [0.4, 0.5) is 52.7 Å². The summed E-state index contributed by atoms with van der Waals surface area (Å²) in [6.45, 7) is 9.80. The number of carbonyl (C=O) groups excluding carboxylic acids is 4. The van der Waals surface area contributed by atoms with Crippen LogP contribution in [0.2, 0.25) is 0 Å². The summed E-state index contributed by atoms with van der Waals surface area (Å²) in [5, 5.41) is 9.27. The number of halogens is 12. The van der Waals surface area contributed by atoms with Gasteiger partial charge >= 0.3 is 48.6 Å². The molecule has 1 N–H and O–H groups in total. The lowest BCUT2D eigenvalue weighted by molar-refractivity contribution is -0.408. The molecular weight excluding hydrogens is 756 g/mol. The van der Waals surface area contributed by atoms with Gasteiger partial charge in [-0.15, -0.1) is 0 Å². The molecule has 4 bridgehead atoms. The van der Waals surface area contributed by atoms with Gasteiger partial charge in [0.25, 0.3) is 5.60 Å². The molecule has 53 heavy (non-hydrogen) atoms. The van der Waals surface area contributed by atoms with Gasteiger partial charge in [-0.2, -0.15) is 52.7 Å². The van der Waals surface area contributed by atoms with Crippen molar-refractivity contribution in [2.45, 2.75) is 159 Å². The fraction of sp³-hybridized carbons (Fsp3) is 0.875. The molecule has 21 heteroatoms. The summed E-state index contributed by atoms with van der Waals surface area (Å²) in [7, 11) is 0. The number of alkyl halides is 12. The minimum Gasteiger partial charge on any atom is -0.458 e. The maximum atomic E-state index is 12.9. The molecule has 308 valence electrons. The molecule has 0 spiro atoms. The van der Waals surface area contributed by atoms with Crippen LogP contribution in [0.5, 0.6) is 0 Å². The highest BCUT2D eigenvalue weighted by atomic mass is 19.4. The molecular formula is C32H42F12O9. The smallest absolute Gasteiger partial charge is 0.458 e. The molecule has 4 rings (SSSR count). The molecule has 0 aromatic carbocycles. The van der Waals surface area contributed by atoms with Gasteiger partial charge in [-0.3, -0.25) is 9.59 Å². The minimum absolute atomic E-state index is 0.0589. The molecule has 0 heterocycles. The molecule has 4 aliphatic rings. The van der Waals surface area contributed by atoms with E-state index in [1.54, 1.807) is 20.8 Å². The number of ether oxygens (including phenoxy) is 4. The van der Waals surface area contributed by atoms with Crippen molar-refractivity contribution in [2.75, 3.05) is 0 Å². The largest absolute Gasteiger partial charge is 0.490 e. The van der Waals surface area contributed by atoms with E-state index in [4.69, 9.17) is 14.2 Å². The third-order valence-corrected chi connectivity index (χ3v) is 10.2. The Bertz CT molecular complexity index is 1350. The molecule has 2 unspecified atom stereocenters. The second-order valence-corrected chi connectivity index (χ2v) is 15.8. The van der Waals surface area contributed by atoms with Crippen molar-refractivity contribution in [3.8, 4) is 0 Å². The van der Waals surface area contributed by atoms with E-state index >= 15 is 0 Å². The van der Waals surface area contributed by atoms with Gasteiger partial charge < -0.3 is 24.1 Å². The van der Waals surface area contributed by atoms with E-state index in [0.29, 0.717) is 20.3 Å². The first kappa shape index (κ1) is 46.2. The Kier molecular flexibility index (Phi) is 12.1.